The number of halogens is 1. The van der Waals surface area contributed by atoms with E-state index in [1.165, 1.54) is 25.1 Å². The monoisotopic (exact) mass is 368 g/mol. The lowest BCUT2D eigenvalue weighted by molar-refractivity contribution is 0.0940. The molecule has 27 heavy (non-hydrogen) atoms. The summed E-state index contributed by atoms with van der Waals surface area (Å²) < 4.78 is 13.7. The maximum atomic E-state index is 13.7. The minimum Gasteiger partial charge on any atom is -0.350 e. The highest BCUT2D eigenvalue weighted by Gasteiger charge is 2.23. The fourth-order valence-corrected chi connectivity index (χ4v) is 3.75. The minimum atomic E-state index is -0.411. The van der Waals surface area contributed by atoms with E-state index in [0.717, 1.165) is 25.9 Å². The van der Waals surface area contributed by atoms with Gasteiger partial charge in [-0.25, -0.2) is 4.39 Å². The van der Waals surface area contributed by atoms with E-state index in [4.69, 9.17) is 0 Å². The van der Waals surface area contributed by atoms with Crippen molar-refractivity contribution in [3.63, 3.8) is 0 Å². The summed E-state index contributed by atoms with van der Waals surface area (Å²) in [6.45, 7) is 6.28. The molecule has 2 aromatic rings. The molecule has 142 valence electrons. The number of nitrogens with zero attached hydrogens (tertiary/aromatic N) is 1. The average Bonchev–Trinajstić information content (AvgIpc) is 3.13. The van der Waals surface area contributed by atoms with Crippen LogP contribution in [0.5, 0.6) is 0 Å². The van der Waals surface area contributed by atoms with Crippen LogP contribution in [0.3, 0.4) is 0 Å². The van der Waals surface area contributed by atoms with Gasteiger partial charge in [0.05, 0.1) is 0 Å². The predicted octanol–water partition coefficient (Wildman–Crippen LogP) is 3.91. The number of hydrogen-bond donors (Lipinski definition) is 1. The Morgan fingerprint density at radius 2 is 2.04 bits per heavy atom. The molecular formula is C22H25FN2O2. The lowest BCUT2D eigenvalue weighted by Gasteiger charge is -2.22. The van der Waals surface area contributed by atoms with Crippen molar-refractivity contribution in [3.8, 4) is 11.1 Å². The van der Waals surface area contributed by atoms with Crippen LogP contribution < -0.4 is 5.32 Å². The molecule has 0 spiro atoms. The van der Waals surface area contributed by atoms with E-state index in [0.29, 0.717) is 34.8 Å². The van der Waals surface area contributed by atoms with Gasteiger partial charge in [-0.05, 0) is 74.3 Å². The molecule has 1 amide bonds. The number of Topliss-reactive ketones (excluding diaryl/α,β-unsaturated/α-hetero) is 1. The third-order valence-corrected chi connectivity index (χ3v) is 5.20. The highest BCUT2D eigenvalue weighted by molar-refractivity contribution is 6.02. The van der Waals surface area contributed by atoms with Gasteiger partial charge in [-0.2, -0.15) is 0 Å². The van der Waals surface area contributed by atoms with Crippen LogP contribution in [0.1, 0.15) is 47.4 Å². The topological polar surface area (TPSA) is 49.4 Å². The van der Waals surface area contributed by atoms with Crippen molar-refractivity contribution in [2.24, 2.45) is 0 Å². The zero-order valence-corrected chi connectivity index (χ0v) is 15.8. The van der Waals surface area contributed by atoms with Crippen molar-refractivity contribution in [1.82, 2.24) is 10.2 Å². The number of rotatable bonds is 6. The number of amides is 1. The van der Waals surface area contributed by atoms with Gasteiger partial charge in [-0.1, -0.05) is 19.1 Å². The lowest BCUT2D eigenvalue weighted by Crippen LogP contribution is -2.40. The van der Waals surface area contributed by atoms with E-state index in [1.54, 1.807) is 24.3 Å². The zero-order valence-electron chi connectivity index (χ0n) is 15.8. The fraction of sp³-hybridized carbons (Fsp3) is 0.364. The second-order valence-electron chi connectivity index (χ2n) is 6.96. The average molecular weight is 368 g/mol. The Labute approximate surface area is 159 Å². The number of ketones is 1. The maximum absolute atomic E-state index is 13.7. The van der Waals surface area contributed by atoms with Gasteiger partial charge in [0.2, 0.25) is 0 Å². The molecule has 0 saturated carbocycles. The molecule has 5 heteroatoms. The van der Waals surface area contributed by atoms with Crippen LogP contribution in [0.15, 0.2) is 42.5 Å². The summed E-state index contributed by atoms with van der Waals surface area (Å²) in [5.41, 5.74) is 2.11. The molecule has 1 fully saturated rings. The van der Waals surface area contributed by atoms with Gasteiger partial charge in [-0.15, -0.1) is 0 Å². The van der Waals surface area contributed by atoms with Gasteiger partial charge in [0.25, 0.3) is 5.91 Å². The summed E-state index contributed by atoms with van der Waals surface area (Å²) in [4.78, 5) is 26.8. The molecule has 1 saturated heterocycles. The van der Waals surface area contributed by atoms with E-state index in [1.807, 2.05) is 0 Å². The van der Waals surface area contributed by atoms with Crippen molar-refractivity contribution in [1.29, 1.82) is 0 Å². The predicted molar refractivity (Wildman–Crippen MR) is 104 cm³/mol. The standard InChI is InChI=1S/C22H25FN2O2/c1-3-25-11-5-8-19(25)14-24-22(27)17-7-4-6-16(12-17)21-13-18(23)9-10-20(21)15(2)26/h4,6-7,9-10,12-13,19H,3,5,8,11,14H2,1-2H3,(H,24,27). The maximum Gasteiger partial charge on any atom is 0.251 e. The van der Waals surface area contributed by atoms with Gasteiger partial charge < -0.3 is 5.32 Å². The highest BCUT2D eigenvalue weighted by atomic mass is 19.1. The van der Waals surface area contributed by atoms with Crippen LogP contribution >= 0.6 is 0 Å². The molecule has 1 N–H and O–H groups in total. The van der Waals surface area contributed by atoms with Crippen molar-refractivity contribution >= 4 is 11.7 Å². The second-order valence-corrected chi connectivity index (χ2v) is 6.96. The Kier molecular flexibility index (Phi) is 6.01. The molecule has 0 aromatic heterocycles. The van der Waals surface area contributed by atoms with E-state index in [2.05, 4.69) is 17.1 Å². The molecular weight excluding hydrogens is 343 g/mol. The molecule has 2 aromatic carbocycles. The summed E-state index contributed by atoms with van der Waals surface area (Å²) in [6, 6.07) is 11.5. The molecule has 4 nitrogen and oxygen atoms in total. The van der Waals surface area contributed by atoms with Gasteiger partial charge in [0.15, 0.2) is 5.78 Å². The van der Waals surface area contributed by atoms with Gasteiger partial charge in [-0.3, -0.25) is 14.5 Å². The molecule has 3 rings (SSSR count). The van der Waals surface area contributed by atoms with Crippen molar-refractivity contribution in [3.05, 3.63) is 59.4 Å². The number of hydrogen-bond acceptors (Lipinski definition) is 3. The first-order chi connectivity index (χ1) is 13.0. The SMILES string of the molecule is CCN1CCCC1CNC(=O)c1cccc(-c2cc(F)ccc2C(C)=O)c1. The summed E-state index contributed by atoms with van der Waals surface area (Å²) >= 11 is 0. The van der Waals surface area contributed by atoms with Crippen LogP contribution in [-0.2, 0) is 0 Å². The molecule has 0 radical (unpaired) electrons. The summed E-state index contributed by atoms with van der Waals surface area (Å²) in [7, 11) is 0. The first-order valence-corrected chi connectivity index (χ1v) is 9.42. The van der Waals surface area contributed by atoms with E-state index >= 15 is 0 Å². The number of likely N-dealkylation sites (tertiary alicyclic amines) is 1. The minimum absolute atomic E-state index is 0.138. The van der Waals surface area contributed by atoms with E-state index in [9.17, 15) is 14.0 Å². The first kappa shape index (κ1) is 19.2. The number of likely N-dealkylation sites (N-methyl/N-ethyl adjacent to an activating group) is 1. The van der Waals surface area contributed by atoms with E-state index in [-0.39, 0.29) is 11.7 Å². The highest BCUT2D eigenvalue weighted by Crippen LogP contribution is 2.26. The summed E-state index contributed by atoms with van der Waals surface area (Å²) in [6.07, 6.45) is 2.26. The van der Waals surface area contributed by atoms with Gasteiger partial charge in [0.1, 0.15) is 5.82 Å². The largest absolute Gasteiger partial charge is 0.350 e. The van der Waals surface area contributed by atoms with Gasteiger partial charge >= 0.3 is 0 Å². The smallest absolute Gasteiger partial charge is 0.251 e. The zero-order chi connectivity index (χ0) is 19.4. The molecule has 1 aliphatic heterocycles. The normalized spacial score (nSPS) is 17.1. The van der Waals surface area contributed by atoms with Crippen molar-refractivity contribution in [2.45, 2.75) is 32.7 Å². The number of carbonyl (C=O) groups excluding carboxylic acids is 2. The van der Waals surface area contributed by atoms with Crippen molar-refractivity contribution < 1.29 is 14.0 Å². The fourth-order valence-electron chi connectivity index (χ4n) is 3.75. The Morgan fingerprint density at radius 1 is 1.22 bits per heavy atom. The Balaban J connectivity index is 1.79. The van der Waals surface area contributed by atoms with Crippen LogP contribution in [0.25, 0.3) is 11.1 Å². The molecule has 0 aliphatic carbocycles. The first-order valence-electron chi connectivity index (χ1n) is 9.42. The molecule has 0 bridgehead atoms. The third-order valence-electron chi connectivity index (χ3n) is 5.20. The lowest BCUT2D eigenvalue weighted by atomic mass is 9.96. The quantitative estimate of drug-likeness (QED) is 0.787. The van der Waals surface area contributed by atoms with Gasteiger partial charge in [0, 0.05) is 23.7 Å². The summed E-state index contributed by atoms with van der Waals surface area (Å²) in [5.74, 6) is -0.702. The molecule has 1 unspecified atom stereocenters. The van der Waals surface area contributed by atoms with Crippen LogP contribution in [0.4, 0.5) is 4.39 Å². The third kappa shape index (κ3) is 4.42. The van der Waals surface area contributed by atoms with Crippen LogP contribution in [0, 0.1) is 5.82 Å². The Morgan fingerprint density at radius 3 is 2.78 bits per heavy atom. The summed E-state index contributed by atoms with van der Waals surface area (Å²) in [5, 5.41) is 3.01. The van der Waals surface area contributed by atoms with E-state index < -0.39 is 5.82 Å². The Hall–Kier alpha value is -2.53. The number of nitrogens with one attached hydrogen (secondary N) is 1. The Bertz CT molecular complexity index is 850. The number of benzene rings is 2. The second kappa shape index (κ2) is 8.44. The molecule has 1 atom stereocenters. The van der Waals surface area contributed by atoms with Crippen LogP contribution in [0.2, 0.25) is 0 Å². The molecule has 1 heterocycles. The van der Waals surface area contributed by atoms with Crippen molar-refractivity contribution in [2.75, 3.05) is 19.6 Å². The molecule has 1 aliphatic rings. The number of carbonyl (C=O) groups is 2. The van der Waals surface area contributed by atoms with Crippen LogP contribution in [-0.4, -0.2) is 42.3 Å².